The summed E-state index contributed by atoms with van der Waals surface area (Å²) in [5, 5.41) is 0. The number of ether oxygens (including phenoxy) is 2. The Morgan fingerprint density at radius 3 is 2.47 bits per heavy atom. The third kappa shape index (κ3) is 3.19. The average molecular weight is 262 g/mol. The van der Waals surface area contributed by atoms with E-state index in [4.69, 9.17) is 9.47 Å². The highest BCUT2D eigenvalue weighted by atomic mass is 16.5. The number of amidine groups is 1. The van der Waals surface area contributed by atoms with Gasteiger partial charge in [0.1, 0.15) is 11.9 Å². The highest BCUT2D eigenvalue weighted by Crippen LogP contribution is 2.27. The van der Waals surface area contributed by atoms with Crippen LogP contribution in [0.1, 0.15) is 27.2 Å². The van der Waals surface area contributed by atoms with E-state index in [2.05, 4.69) is 25.8 Å². The summed E-state index contributed by atoms with van der Waals surface area (Å²) in [6.45, 7) is 6.35. The second-order valence-electron chi connectivity index (χ2n) is 5.60. The fourth-order valence-electron chi connectivity index (χ4n) is 2.33. The number of anilines is 1. The Morgan fingerprint density at radius 1 is 1.32 bits per heavy atom. The minimum absolute atomic E-state index is 0.0757. The molecular formula is C15H22N2O2. The van der Waals surface area contributed by atoms with Gasteiger partial charge in [0.2, 0.25) is 0 Å². The molecule has 0 saturated carbocycles. The Hall–Kier alpha value is -1.71. The highest BCUT2D eigenvalue weighted by Gasteiger charge is 2.30. The van der Waals surface area contributed by atoms with Crippen molar-refractivity contribution in [1.29, 1.82) is 0 Å². The van der Waals surface area contributed by atoms with Gasteiger partial charge in [0, 0.05) is 19.2 Å². The van der Waals surface area contributed by atoms with Crippen molar-refractivity contribution < 1.29 is 9.47 Å². The largest absolute Gasteiger partial charge is 0.497 e. The standard InChI is InChI=1S/C15H22N2O2/c1-11-10-15(2,3)16-14(19-11)17(4)12-6-8-13(18-5)9-7-12/h6-9,11H,10H2,1-5H3. The van der Waals surface area contributed by atoms with E-state index in [1.54, 1.807) is 7.11 Å². The van der Waals surface area contributed by atoms with Crippen molar-refractivity contribution in [2.75, 3.05) is 19.1 Å². The average Bonchev–Trinajstić information content (AvgIpc) is 2.35. The van der Waals surface area contributed by atoms with Crippen LogP contribution in [-0.4, -0.2) is 31.8 Å². The second kappa shape index (κ2) is 5.11. The lowest BCUT2D eigenvalue weighted by Crippen LogP contribution is -2.41. The molecule has 1 atom stereocenters. The number of rotatable bonds is 2. The summed E-state index contributed by atoms with van der Waals surface area (Å²) in [5.74, 6) is 0.845. The molecule has 0 N–H and O–H groups in total. The summed E-state index contributed by atoms with van der Waals surface area (Å²) in [7, 11) is 3.63. The Balaban J connectivity index is 2.22. The SMILES string of the molecule is COc1ccc(N(C)C2=NC(C)(C)CC(C)O2)cc1. The molecule has 0 aliphatic carbocycles. The lowest BCUT2D eigenvalue weighted by atomic mass is 9.97. The minimum atomic E-state index is -0.0757. The molecule has 1 aromatic carbocycles. The normalized spacial score (nSPS) is 21.3. The van der Waals surface area contributed by atoms with Crippen molar-refractivity contribution in [2.24, 2.45) is 4.99 Å². The summed E-state index contributed by atoms with van der Waals surface area (Å²) in [6, 6.07) is 8.54. The van der Waals surface area contributed by atoms with Gasteiger partial charge in [0.25, 0.3) is 6.02 Å². The first-order valence-corrected chi connectivity index (χ1v) is 6.55. The van der Waals surface area contributed by atoms with E-state index >= 15 is 0 Å². The molecule has 0 bridgehead atoms. The molecule has 1 aliphatic rings. The van der Waals surface area contributed by atoms with Crippen LogP contribution in [-0.2, 0) is 4.74 Å². The first-order chi connectivity index (χ1) is 8.91. The van der Waals surface area contributed by atoms with Crippen LogP contribution >= 0.6 is 0 Å². The van der Waals surface area contributed by atoms with Crippen molar-refractivity contribution in [1.82, 2.24) is 0 Å². The van der Waals surface area contributed by atoms with Gasteiger partial charge in [0.05, 0.1) is 12.6 Å². The van der Waals surface area contributed by atoms with E-state index in [0.717, 1.165) is 17.9 Å². The first kappa shape index (κ1) is 13.7. The Morgan fingerprint density at radius 2 is 1.95 bits per heavy atom. The quantitative estimate of drug-likeness (QED) is 0.821. The van der Waals surface area contributed by atoms with E-state index in [1.807, 2.05) is 36.2 Å². The number of nitrogens with zero attached hydrogens (tertiary/aromatic N) is 2. The van der Waals surface area contributed by atoms with E-state index in [9.17, 15) is 0 Å². The predicted molar refractivity (Wildman–Crippen MR) is 78.1 cm³/mol. The van der Waals surface area contributed by atoms with Gasteiger partial charge >= 0.3 is 0 Å². The van der Waals surface area contributed by atoms with Crippen LogP contribution in [0.15, 0.2) is 29.3 Å². The Bertz CT molecular complexity index is 466. The molecule has 2 rings (SSSR count). The summed E-state index contributed by atoms with van der Waals surface area (Å²) in [4.78, 5) is 6.64. The fraction of sp³-hybridized carbons (Fsp3) is 0.533. The number of hydrogen-bond acceptors (Lipinski definition) is 4. The third-order valence-electron chi connectivity index (χ3n) is 3.24. The zero-order valence-corrected chi connectivity index (χ0v) is 12.3. The summed E-state index contributed by atoms with van der Waals surface area (Å²) >= 11 is 0. The van der Waals surface area contributed by atoms with E-state index in [1.165, 1.54) is 0 Å². The molecule has 0 fully saturated rings. The number of hydrogen-bond donors (Lipinski definition) is 0. The van der Waals surface area contributed by atoms with Crippen molar-refractivity contribution in [3.63, 3.8) is 0 Å². The molecule has 0 aromatic heterocycles. The smallest absolute Gasteiger partial charge is 0.292 e. The Kier molecular flexibility index (Phi) is 3.69. The van der Waals surface area contributed by atoms with Crippen LogP contribution in [0.2, 0.25) is 0 Å². The first-order valence-electron chi connectivity index (χ1n) is 6.55. The van der Waals surface area contributed by atoms with E-state index in [0.29, 0.717) is 6.02 Å². The van der Waals surface area contributed by atoms with Gasteiger partial charge in [-0.2, -0.15) is 0 Å². The molecule has 0 saturated heterocycles. The molecule has 1 unspecified atom stereocenters. The van der Waals surface area contributed by atoms with Crippen molar-refractivity contribution in [3.8, 4) is 5.75 Å². The zero-order chi connectivity index (χ0) is 14.0. The summed E-state index contributed by atoms with van der Waals surface area (Å²) in [6.07, 6.45) is 1.12. The van der Waals surface area contributed by atoms with Crippen molar-refractivity contribution in [2.45, 2.75) is 38.8 Å². The van der Waals surface area contributed by atoms with Crippen LogP contribution in [0, 0.1) is 0 Å². The molecule has 1 aromatic rings. The molecule has 4 heteroatoms. The van der Waals surface area contributed by atoms with E-state index < -0.39 is 0 Å². The molecule has 0 amide bonds. The van der Waals surface area contributed by atoms with E-state index in [-0.39, 0.29) is 11.6 Å². The van der Waals surface area contributed by atoms with Gasteiger partial charge in [-0.1, -0.05) is 0 Å². The minimum Gasteiger partial charge on any atom is -0.497 e. The van der Waals surface area contributed by atoms with Crippen LogP contribution in [0.5, 0.6) is 5.75 Å². The Labute approximate surface area is 115 Å². The monoisotopic (exact) mass is 262 g/mol. The number of benzene rings is 1. The van der Waals surface area contributed by atoms with Gasteiger partial charge in [-0.25, -0.2) is 4.99 Å². The lowest BCUT2D eigenvalue weighted by Gasteiger charge is -2.34. The van der Waals surface area contributed by atoms with Gasteiger partial charge in [-0.05, 0) is 45.0 Å². The summed E-state index contributed by atoms with van der Waals surface area (Å²) in [5.41, 5.74) is 0.956. The molecule has 0 spiro atoms. The van der Waals surface area contributed by atoms with Crippen molar-refractivity contribution >= 4 is 11.7 Å². The third-order valence-corrected chi connectivity index (χ3v) is 3.24. The lowest BCUT2D eigenvalue weighted by molar-refractivity contribution is 0.141. The molecule has 1 aliphatic heterocycles. The second-order valence-corrected chi connectivity index (χ2v) is 5.60. The molecule has 19 heavy (non-hydrogen) atoms. The maximum atomic E-state index is 5.84. The van der Waals surface area contributed by atoms with Crippen LogP contribution in [0.25, 0.3) is 0 Å². The topological polar surface area (TPSA) is 34.1 Å². The summed E-state index contributed by atoms with van der Waals surface area (Å²) < 4.78 is 11.0. The molecule has 1 heterocycles. The molecule has 4 nitrogen and oxygen atoms in total. The van der Waals surface area contributed by atoms with Crippen molar-refractivity contribution in [3.05, 3.63) is 24.3 Å². The van der Waals surface area contributed by atoms with Crippen LogP contribution < -0.4 is 9.64 Å². The number of aliphatic imine (C=N–C) groups is 1. The molecular weight excluding hydrogens is 240 g/mol. The van der Waals surface area contributed by atoms with Gasteiger partial charge in [-0.3, -0.25) is 4.90 Å². The maximum absolute atomic E-state index is 5.84. The number of methoxy groups -OCH3 is 1. The van der Waals surface area contributed by atoms with Crippen LogP contribution in [0.4, 0.5) is 5.69 Å². The predicted octanol–water partition coefficient (Wildman–Crippen LogP) is 3.07. The van der Waals surface area contributed by atoms with Gasteiger partial charge in [0.15, 0.2) is 0 Å². The molecule has 0 radical (unpaired) electrons. The molecule has 104 valence electrons. The maximum Gasteiger partial charge on any atom is 0.292 e. The van der Waals surface area contributed by atoms with Gasteiger partial charge < -0.3 is 9.47 Å². The zero-order valence-electron chi connectivity index (χ0n) is 12.3. The van der Waals surface area contributed by atoms with Crippen LogP contribution in [0.3, 0.4) is 0 Å². The fourth-order valence-corrected chi connectivity index (χ4v) is 2.33. The highest BCUT2D eigenvalue weighted by molar-refractivity contribution is 5.92. The van der Waals surface area contributed by atoms with Gasteiger partial charge in [-0.15, -0.1) is 0 Å².